The predicted molar refractivity (Wildman–Crippen MR) is 80.4 cm³/mol. The number of carbonyl (C=O) groups is 1. The summed E-state index contributed by atoms with van der Waals surface area (Å²) in [6.45, 7) is 9.13. The molecule has 0 spiro atoms. The average Bonchev–Trinajstić information content (AvgIpc) is 2.36. The summed E-state index contributed by atoms with van der Waals surface area (Å²) >= 11 is 0. The molecular weight excluding hydrogens is 252 g/mol. The van der Waals surface area contributed by atoms with Crippen molar-refractivity contribution >= 4 is 5.97 Å². The van der Waals surface area contributed by atoms with Crippen LogP contribution in [0.3, 0.4) is 0 Å². The molecule has 0 saturated heterocycles. The molecule has 3 nitrogen and oxygen atoms in total. The number of rotatable bonds is 5. The third kappa shape index (κ3) is 4.64. The minimum atomic E-state index is -1.08. The maximum atomic E-state index is 12.2. The van der Waals surface area contributed by atoms with E-state index in [1.165, 1.54) is 0 Å². The van der Waals surface area contributed by atoms with Gasteiger partial charge in [0.15, 0.2) is 0 Å². The molecule has 0 radical (unpaired) electrons. The van der Waals surface area contributed by atoms with E-state index in [1.807, 2.05) is 58.0 Å². The molecule has 0 aliphatic rings. The summed E-state index contributed by atoms with van der Waals surface area (Å²) in [6, 6.07) is 9.73. The highest BCUT2D eigenvalue weighted by Gasteiger charge is 2.39. The number of esters is 1. The first kappa shape index (κ1) is 16.7. The van der Waals surface area contributed by atoms with Crippen molar-refractivity contribution in [3.05, 3.63) is 35.9 Å². The molecule has 0 heterocycles. The van der Waals surface area contributed by atoms with Gasteiger partial charge in [0.1, 0.15) is 5.60 Å². The summed E-state index contributed by atoms with van der Waals surface area (Å²) in [5.41, 5.74) is -0.594. The topological polar surface area (TPSA) is 46.5 Å². The van der Waals surface area contributed by atoms with E-state index >= 15 is 0 Å². The summed E-state index contributed by atoms with van der Waals surface area (Å²) in [5, 5.41) is 10.8. The Balaban J connectivity index is 2.84. The fourth-order valence-corrected chi connectivity index (χ4v) is 2.14. The minimum absolute atomic E-state index is 0.349. The van der Waals surface area contributed by atoms with E-state index in [4.69, 9.17) is 4.74 Å². The normalized spacial score (nSPS) is 16.3. The van der Waals surface area contributed by atoms with Gasteiger partial charge in [0.05, 0.1) is 11.5 Å². The van der Waals surface area contributed by atoms with Crippen molar-refractivity contribution in [3.8, 4) is 0 Å². The van der Waals surface area contributed by atoms with Gasteiger partial charge in [0.25, 0.3) is 0 Å². The standard InChI is InChI=1S/C17H26O3/c1-6-17(19,12-14-10-8-7-9-11-14)13(2)15(18)20-16(3,4)5/h7-11,13,19H,6,12H2,1-5H3. The Bertz CT molecular complexity index is 433. The lowest BCUT2D eigenvalue weighted by Crippen LogP contribution is -2.44. The molecule has 112 valence electrons. The number of aliphatic hydroxyl groups is 1. The van der Waals surface area contributed by atoms with E-state index in [-0.39, 0.29) is 5.97 Å². The number of hydrogen-bond donors (Lipinski definition) is 1. The Kier molecular flexibility index (Phi) is 5.35. The third-order valence-corrected chi connectivity index (χ3v) is 3.53. The van der Waals surface area contributed by atoms with Crippen molar-refractivity contribution < 1.29 is 14.6 Å². The molecule has 2 unspecified atom stereocenters. The first-order valence-corrected chi connectivity index (χ1v) is 7.17. The molecule has 0 aliphatic carbocycles. The van der Waals surface area contributed by atoms with Crippen LogP contribution in [0.2, 0.25) is 0 Å². The number of ether oxygens (including phenoxy) is 1. The van der Waals surface area contributed by atoms with Crippen molar-refractivity contribution in [3.63, 3.8) is 0 Å². The molecule has 2 atom stereocenters. The fourth-order valence-electron chi connectivity index (χ4n) is 2.14. The van der Waals surface area contributed by atoms with Gasteiger partial charge in [-0.1, -0.05) is 37.3 Å². The van der Waals surface area contributed by atoms with E-state index in [0.29, 0.717) is 12.8 Å². The molecule has 0 bridgehead atoms. The Labute approximate surface area is 122 Å². The molecule has 0 amide bonds. The van der Waals surface area contributed by atoms with Gasteiger partial charge >= 0.3 is 5.97 Å². The van der Waals surface area contributed by atoms with Crippen molar-refractivity contribution in [2.24, 2.45) is 5.92 Å². The van der Waals surface area contributed by atoms with Gasteiger partial charge in [-0.25, -0.2) is 0 Å². The van der Waals surface area contributed by atoms with Crippen LogP contribution < -0.4 is 0 Å². The lowest BCUT2D eigenvalue weighted by Gasteiger charge is -2.34. The molecule has 0 saturated carbocycles. The van der Waals surface area contributed by atoms with Crippen LogP contribution in [0.4, 0.5) is 0 Å². The van der Waals surface area contributed by atoms with E-state index in [9.17, 15) is 9.90 Å². The van der Waals surface area contributed by atoms with Crippen LogP contribution in [0, 0.1) is 5.92 Å². The Morgan fingerprint density at radius 2 is 1.80 bits per heavy atom. The van der Waals surface area contributed by atoms with Crippen LogP contribution in [0.15, 0.2) is 30.3 Å². The molecular formula is C17H26O3. The smallest absolute Gasteiger partial charge is 0.312 e. The summed E-state index contributed by atoms with van der Waals surface area (Å²) in [6.07, 6.45) is 0.951. The Morgan fingerprint density at radius 3 is 2.25 bits per heavy atom. The fraction of sp³-hybridized carbons (Fsp3) is 0.588. The molecule has 1 rings (SSSR count). The van der Waals surface area contributed by atoms with Crippen molar-refractivity contribution in [2.45, 2.75) is 58.7 Å². The zero-order valence-electron chi connectivity index (χ0n) is 13.1. The maximum absolute atomic E-state index is 12.2. The highest BCUT2D eigenvalue weighted by molar-refractivity contribution is 5.74. The van der Waals surface area contributed by atoms with Crippen LogP contribution in [-0.4, -0.2) is 22.3 Å². The molecule has 0 fully saturated rings. The van der Waals surface area contributed by atoms with Gasteiger partial charge in [0.2, 0.25) is 0 Å². The second kappa shape index (κ2) is 6.40. The molecule has 3 heteroatoms. The van der Waals surface area contributed by atoms with Gasteiger partial charge < -0.3 is 9.84 Å². The summed E-state index contributed by atoms with van der Waals surface area (Å²) in [4.78, 5) is 12.2. The molecule has 1 aromatic carbocycles. The zero-order chi connectivity index (χ0) is 15.4. The quantitative estimate of drug-likeness (QED) is 0.840. The van der Waals surface area contributed by atoms with Gasteiger partial charge in [-0.2, -0.15) is 0 Å². The summed E-state index contributed by atoms with van der Waals surface area (Å²) < 4.78 is 5.39. The first-order valence-electron chi connectivity index (χ1n) is 7.17. The lowest BCUT2D eigenvalue weighted by atomic mass is 9.81. The molecule has 0 aromatic heterocycles. The van der Waals surface area contributed by atoms with Crippen LogP contribution in [-0.2, 0) is 16.0 Å². The van der Waals surface area contributed by atoms with Gasteiger partial charge in [0, 0.05) is 6.42 Å². The molecule has 0 aliphatic heterocycles. The average molecular weight is 278 g/mol. The number of carbonyl (C=O) groups excluding carboxylic acids is 1. The summed E-state index contributed by atoms with van der Waals surface area (Å²) in [5.74, 6) is -0.912. The maximum Gasteiger partial charge on any atom is 0.312 e. The zero-order valence-corrected chi connectivity index (χ0v) is 13.1. The molecule has 20 heavy (non-hydrogen) atoms. The Hall–Kier alpha value is -1.35. The van der Waals surface area contributed by atoms with E-state index in [0.717, 1.165) is 5.56 Å². The van der Waals surface area contributed by atoms with Crippen molar-refractivity contribution in [2.75, 3.05) is 0 Å². The lowest BCUT2D eigenvalue weighted by molar-refractivity contribution is -0.169. The first-order chi connectivity index (χ1) is 9.18. The summed E-state index contributed by atoms with van der Waals surface area (Å²) in [7, 11) is 0. The SMILES string of the molecule is CCC(O)(Cc1ccccc1)C(C)C(=O)OC(C)(C)C. The molecule has 1 aromatic rings. The van der Waals surface area contributed by atoms with Crippen LogP contribution in [0.1, 0.15) is 46.6 Å². The Morgan fingerprint density at radius 1 is 1.25 bits per heavy atom. The van der Waals surface area contributed by atoms with Crippen LogP contribution in [0.5, 0.6) is 0 Å². The predicted octanol–water partition coefficient (Wildman–Crippen LogP) is 3.35. The highest BCUT2D eigenvalue weighted by atomic mass is 16.6. The third-order valence-electron chi connectivity index (χ3n) is 3.53. The second-order valence-corrected chi connectivity index (χ2v) is 6.37. The number of hydrogen-bond acceptors (Lipinski definition) is 3. The monoisotopic (exact) mass is 278 g/mol. The number of benzene rings is 1. The van der Waals surface area contributed by atoms with Gasteiger partial charge in [-0.15, -0.1) is 0 Å². The van der Waals surface area contributed by atoms with Gasteiger partial charge in [-0.3, -0.25) is 4.79 Å². The van der Waals surface area contributed by atoms with E-state index in [1.54, 1.807) is 6.92 Å². The van der Waals surface area contributed by atoms with E-state index in [2.05, 4.69) is 0 Å². The van der Waals surface area contributed by atoms with Gasteiger partial charge in [-0.05, 0) is 39.7 Å². The van der Waals surface area contributed by atoms with Crippen molar-refractivity contribution in [1.29, 1.82) is 0 Å². The minimum Gasteiger partial charge on any atom is -0.460 e. The van der Waals surface area contributed by atoms with Crippen LogP contribution >= 0.6 is 0 Å². The second-order valence-electron chi connectivity index (χ2n) is 6.37. The molecule has 1 N–H and O–H groups in total. The van der Waals surface area contributed by atoms with E-state index < -0.39 is 17.1 Å². The largest absolute Gasteiger partial charge is 0.460 e. The van der Waals surface area contributed by atoms with Crippen molar-refractivity contribution in [1.82, 2.24) is 0 Å². The highest BCUT2D eigenvalue weighted by Crippen LogP contribution is 2.28. The van der Waals surface area contributed by atoms with Crippen LogP contribution in [0.25, 0.3) is 0 Å².